The molecule has 2 rings (SSSR count). The van der Waals surface area contributed by atoms with Gasteiger partial charge in [0, 0.05) is 26.5 Å². The normalized spacial score (nSPS) is 12.2. The average Bonchev–Trinajstić information content (AvgIpc) is 2.67. The lowest BCUT2D eigenvalue weighted by molar-refractivity contribution is 0.382. The van der Waals surface area contributed by atoms with E-state index in [2.05, 4.69) is 55.1 Å². The van der Waals surface area contributed by atoms with E-state index in [1.54, 1.807) is 0 Å². The first kappa shape index (κ1) is 16.4. The van der Waals surface area contributed by atoms with Crippen LogP contribution in [0.4, 0.5) is 5.82 Å². The van der Waals surface area contributed by atoms with E-state index in [0.717, 1.165) is 21.6 Å². The molecule has 0 unspecified atom stereocenters. The Morgan fingerprint density at radius 3 is 2.33 bits per heavy atom. The number of halogens is 2. The molecule has 0 fully saturated rings. The van der Waals surface area contributed by atoms with Crippen molar-refractivity contribution in [1.29, 1.82) is 0 Å². The van der Waals surface area contributed by atoms with Crippen LogP contribution in [0.1, 0.15) is 46.4 Å². The Bertz CT molecular complexity index is 669. The lowest BCUT2D eigenvalue weighted by Crippen LogP contribution is -2.26. The monoisotopic (exact) mass is 369 g/mol. The number of nitrogen functional groups attached to an aromatic ring is 1. The number of benzene rings is 1. The summed E-state index contributed by atoms with van der Waals surface area (Å²) in [4.78, 5) is 4.80. The predicted octanol–water partition coefficient (Wildman–Crippen LogP) is 5.43. The van der Waals surface area contributed by atoms with Gasteiger partial charge in [-0.15, -0.1) is 0 Å². The summed E-state index contributed by atoms with van der Waals surface area (Å²) in [6, 6.07) is 5.66. The fourth-order valence-corrected chi connectivity index (χ4v) is 3.29. The summed E-state index contributed by atoms with van der Waals surface area (Å²) in [5, 5.41) is 0.684. The number of anilines is 1. The molecule has 0 bridgehead atoms. The van der Waals surface area contributed by atoms with Crippen molar-refractivity contribution >= 4 is 33.3 Å². The molecule has 3 nitrogen and oxygen atoms in total. The van der Waals surface area contributed by atoms with Crippen LogP contribution < -0.4 is 5.73 Å². The second kappa shape index (κ2) is 5.65. The van der Waals surface area contributed by atoms with Crippen LogP contribution in [0.25, 0.3) is 11.3 Å². The largest absolute Gasteiger partial charge is 0.383 e. The van der Waals surface area contributed by atoms with E-state index in [1.165, 1.54) is 0 Å². The summed E-state index contributed by atoms with van der Waals surface area (Å²) in [7, 11) is 0. The summed E-state index contributed by atoms with van der Waals surface area (Å²) in [6.07, 6.45) is 0. The maximum absolute atomic E-state index is 6.41. The van der Waals surface area contributed by atoms with Gasteiger partial charge in [-0.1, -0.05) is 47.4 Å². The van der Waals surface area contributed by atoms with Crippen LogP contribution in [0.2, 0.25) is 5.02 Å². The Hall–Kier alpha value is -1.00. The van der Waals surface area contributed by atoms with Crippen molar-refractivity contribution in [2.24, 2.45) is 0 Å². The van der Waals surface area contributed by atoms with Gasteiger partial charge < -0.3 is 10.3 Å². The van der Waals surface area contributed by atoms with E-state index < -0.39 is 0 Å². The van der Waals surface area contributed by atoms with Gasteiger partial charge in [-0.2, -0.15) is 0 Å². The van der Waals surface area contributed by atoms with Crippen LogP contribution in [0, 0.1) is 0 Å². The fourth-order valence-electron chi connectivity index (χ4n) is 2.42. The lowest BCUT2D eigenvalue weighted by atomic mass is 10.1. The zero-order chi connectivity index (χ0) is 15.9. The fraction of sp³-hybridized carbons (Fsp3) is 0.438. The first-order valence-corrected chi connectivity index (χ1v) is 8.14. The smallest absolute Gasteiger partial charge is 0.132 e. The molecule has 0 radical (unpaired) electrons. The predicted molar refractivity (Wildman–Crippen MR) is 93.9 cm³/mol. The van der Waals surface area contributed by atoms with Gasteiger partial charge in [0.05, 0.1) is 0 Å². The molecule has 1 aromatic heterocycles. The van der Waals surface area contributed by atoms with Gasteiger partial charge in [-0.3, -0.25) is 0 Å². The van der Waals surface area contributed by atoms with E-state index in [-0.39, 0.29) is 5.54 Å². The molecular formula is C16H21BrClN3. The minimum absolute atomic E-state index is 0.117. The Kier molecular flexibility index (Phi) is 4.41. The Balaban J connectivity index is 2.71. The first-order valence-electron chi connectivity index (χ1n) is 6.97. The van der Waals surface area contributed by atoms with Crippen LogP contribution >= 0.6 is 27.5 Å². The first-order chi connectivity index (χ1) is 9.62. The van der Waals surface area contributed by atoms with Crippen molar-refractivity contribution in [2.75, 3.05) is 5.73 Å². The van der Waals surface area contributed by atoms with Gasteiger partial charge >= 0.3 is 0 Å². The van der Waals surface area contributed by atoms with Gasteiger partial charge in [0.15, 0.2) is 0 Å². The lowest BCUT2D eigenvalue weighted by Gasteiger charge is -2.26. The summed E-state index contributed by atoms with van der Waals surface area (Å²) in [5.74, 6) is 1.98. The number of rotatable bonds is 2. The number of nitrogens with two attached hydrogens (primary N) is 1. The van der Waals surface area contributed by atoms with Crippen LogP contribution in [-0.2, 0) is 5.54 Å². The zero-order valence-electron chi connectivity index (χ0n) is 13.0. The number of nitrogens with zero attached hydrogens (tertiary/aromatic N) is 2. The molecule has 0 atom stereocenters. The maximum Gasteiger partial charge on any atom is 0.132 e. The van der Waals surface area contributed by atoms with Gasteiger partial charge in [0.1, 0.15) is 17.3 Å². The number of hydrogen-bond donors (Lipinski definition) is 1. The van der Waals surface area contributed by atoms with Crippen LogP contribution in [-0.4, -0.2) is 9.55 Å². The third kappa shape index (κ3) is 3.11. The topological polar surface area (TPSA) is 43.8 Å². The quantitative estimate of drug-likeness (QED) is 0.766. The molecule has 21 heavy (non-hydrogen) atoms. The molecule has 0 saturated carbocycles. The van der Waals surface area contributed by atoms with E-state index in [1.807, 2.05) is 18.2 Å². The van der Waals surface area contributed by atoms with Crippen molar-refractivity contribution in [3.8, 4) is 11.3 Å². The van der Waals surface area contributed by atoms with Crippen molar-refractivity contribution < 1.29 is 0 Å². The van der Waals surface area contributed by atoms with Crippen LogP contribution in [0.15, 0.2) is 22.7 Å². The van der Waals surface area contributed by atoms with Gasteiger partial charge in [0.2, 0.25) is 0 Å². The summed E-state index contributed by atoms with van der Waals surface area (Å²) in [6.45, 7) is 10.7. The van der Waals surface area contributed by atoms with E-state index in [4.69, 9.17) is 22.3 Å². The molecule has 0 aliphatic heterocycles. The zero-order valence-corrected chi connectivity index (χ0v) is 15.4. The molecule has 0 aliphatic rings. The highest BCUT2D eigenvalue weighted by molar-refractivity contribution is 9.10. The maximum atomic E-state index is 6.41. The minimum Gasteiger partial charge on any atom is -0.383 e. The average molecular weight is 371 g/mol. The molecule has 0 saturated heterocycles. The molecule has 0 aliphatic carbocycles. The summed E-state index contributed by atoms with van der Waals surface area (Å²) in [5.41, 5.74) is 8.06. The third-order valence-corrected chi connectivity index (χ3v) is 4.20. The number of aromatic nitrogens is 2. The van der Waals surface area contributed by atoms with Gasteiger partial charge in [-0.05, 0) is 32.9 Å². The minimum atomic E-state index is -0.117. The Morgan fingerprint density at radius 1 is 1.29 bits per heavy atom. The van der Waals surface area contributed by atoms with Gasteiger partial charge in [0.25, 0.3) is 0 Å². The second-order valence-corrected chi connectivity index (χ2v) is 7.78. The standard InChI is InChI=1S/C16H21BrClN3/c1-9(2)15-20-13(14(19)21(15)16(3,4)5)11-7-6-10(18)8-12(11)17/h6-9H,19H2,1-5H3. The highest BCUT2D eigenvalue weighted by Crippen LogP contribution is 2.37. The molecule has 114 valence electrons. The van der Waals surface area contributed by atoms with Crippen molar-refractivity contribution in [1.82, 2.24) is 9.55 Å². The molecule has 0 amide bonds. The summed E-state index contributed by atoms with van der Waals surface area (Å²) < 4.78 is 3.02. The molecule has 2 aromatic rings. The van der Waals surface area contributed by atoms with Crippen molar-refractivity contribution in [3.63, 3.8) is 0 Å². The number of hydrogen-bond acceptors (Lipinski definition) is 2. The second-order valence-electron chi connectivity index (χ2n) is 6.49. The molecule has 5 heteroatoms. The van der Waals surface area contributed by atoms with Crippen molar-refractivity contribution in [3.05, 3.63) is 33.5 Å². The summed E-state index contributed by atoms with van der Waals surface area (Å²) >= 11 is 9.57. The molecule has 1 heterocycles. The number of imidazole rings is 1. The Morgan fingerprint density at radius 2 is 1.90 bits per heavy atom. The van der Waals surface area contributed by atoms with E-state index in [0.29, 0.717) is 16.8 Å². The van der Waals surface area contributed by atoms with E-state index in [9.17, 15) is 0 Å². The third-order valence-electron chi connectivity index (χ3n) is 3.31. The highest BCUT2D eigenvalue weighted by Gasteiger charge is 2.26. The highest BCUT2D eigenvalue weighted by atomic mass is 79.9. The van der Waals surface area contributed by atoms with Crippen LogP contribution in [0.3, 0.4) is 0 Å². The van der Waals surface area contributed by atoms with Gasteiger partial charge in [-0.25, -0.2) is 4.98 Å². The molecule has 0 spiro atoms. The Labute approximate surface area is 139 Å². The molecule has 2 N–H and O–H groups in total. The molecule has 1 aromatic carbocycles. The van der Waals surface area contributed by atoms with E-state index >= 15 is 0 Å². The molecular weight excluding hydrogens is 350 g/mol. The SMILES string of the molecule is CC(C)c1nc(-c2ccc(Cl)cc2Br)c(N)n1C(C)(C)C. The van der Waals surface area contributed by atoms with Crippen LogP contribution in [0.5, 0.6) is 0 Å². The van der Waals surface area contributed by atoms with Crippen molar-refractivity contribution in [2.45, 2.75) is 46.1 Å².